The molecule has 3 N–H and O–H groups in total. The summed E-state index contributed by atoms with van der Waals surface area (Å²) in [6, 6.07) is 1.23. The predicted molar refractivity (Wildman–Crippen MR) is 95.9 cm³/mol. The van der Waals surface area contributed by atoms with Crippen LogP contribution in [0.5, 0.6) is 0 Å². The molecule has 4 rings (SSSR count). The lowest BCUT2D eigenvalue weighted by atomic mass is 9.79. The maximum atomic E-state index is 13.5. The lowest BCUT2D eigenvalue weighted by Crippen LogP contribution is -2.41. The van der Waals surface area contributed by atoms with E-state index in [-0.39, 0.29) is 36.8 Å². The van der Waals surface area contributed by atoms with Gasteiger partial charge in [0.05, 0.1) is 18.6 Å². The Bertz CT molecular complexity index is 958. The first-order valence-electron chi connectivity index (χ1n) is 8.77. The smallest absolute Gasteiger partial charge is 0.249 e. The van der Waals surface area contributed by atoms with Crippen molar-refractivity contribution in [2.45, 2.75) is 43.6 Å². The quantitative estimate of drug-likeness (QED) is 0.757. The first-order valence-corrected chi connectivity index (χ1v) is 10.6. The summed E-state index contributed by atoms with van der Waals surface area (Å²) < 4.78 is 63.6. The number of fused-ring (bicyclic) bond motifs is 1. The molecule has 2 aromatic rings. The molecule has 1 aliphatic heterocycles. The molecule has 0 amide bonds. The third kappa shape index (κ3) is 4.55. The fourth-order valence-corrected chi connectivity index (χ4v) is 4.28. The Labute approximate surface area is 160 Å². The van der Waals surface area contributed by atoms with Crippen LogP contribution in [0.15, 0.2) is 12.3 Å². The minimum Gasteiger partial charge on any atom is -0.392 e. The zero-order valence-electron chi connectivity index (χ0n) is 15.2. The monoisotopic (exact) mass is 421 g/mol. The molecule has 0 bridgehead atoms. The fourth-order valence-electron chi connectivity index (χ4n) is 3.37. The number of sulfonamides is 1. The molecule has 1 aliphatic carbocycles. The molecule has 8 nitrogen and oxygen atoms in total. The van der Waals surface area contributed by atoms with Gasteiger partial charge in [-0.2, -0.15) is 4.31 Å². The second kappa shape index (κ2) is 7.48. The number of hydrogen-bond acceptors (Lipinski definition) is 6. The number of piperidine rings is 1. The summed E-state index contributed by atoms with van der Waals surface area (Å²) in [5.74, 6) is -3.56. The van der Waals surface area contributed by atoms with Crippen molar-refractivity contribution in [1.82, 2.24) is 18.9 Å². The van der Waals surface area contributed by atoms with Gasteiger partial charge in [-0.1, -0.05) is 0 Å². The van der Waals surface area contributed by atoms with E-state index in [4.69, 9.17) is 10.8 Å². The first-order chi connectivity index (χ1) is 13.0. The molecule has 0 aromatic carbocycles. The SMILES string of the molecule is CS(=O)(=O)N1CCCC(O)C1.Nc1ncc2c(F)cc(C3CC(F)(F)C3)n2n1. The molecule has 156 valence electrons. The van der Waals surface area contributed by atoms with Gasteiger partial charge in [0.1, 0.15) is 5.52 Å². The predicted octanol–water partition coefficient (Wildman–Crippen LogP) is 1.37. The van der Waals surface area contributed by atoms with E-state index in [9.17, 15) is 21.6 Å². The second-order valence-electron chi connectivity index (χ2n) is 7.21. The third-order valence-electron chi connectivity index (χ3n) is 4.85. The Hall–Kier alpha value is -1.92. The Morgan fingerprint density at radius 2 is 2.04 bits per heavy atom. The van der Waals surface area contributed by atoms with Crippen molar-refractivity contribution >= 4 is 21.5 Å². The number of hydrogen-bond donors (Lipinski definition) is 2. The lowest BCUT2D eigenvalue weighted by molar-refractivity contribution is -0.0879. The minimum atomic E-state index is -3.09. The number of β-amino-alcohol motifs (C(OH)–C–C–N with tert-alkyl or cyclic N) is 1. The number of nitrogen functional groups attached to an aromatic ring is 1. The Morgan fingerprint density at radius 1 is 1.36 bits per heavy atom. The van der Waals surface area contributed by atoms with E-state index >= 15 is 0 Å². The molecule has 1 saturated heterocycles. The number of aliphatic hydroxyl groups excluding tert-OH is 1. The molecule has 1 saturated carbocycles. The number of alkyl halides is 2. The highest BCUT2D eigenvalue weighted by atomic mass is 32.2. The molecule has 1 atom stereocenters. The number of aliphatic hydroxyl groups is 1. The summed E-state index contributed by atoms with van der Waals surface area (Å²) >= 11 is 0. The van der Waals surface area contributed by atoms with E-state index in [1.165, 1.54) is 27.3 Å². The van der Waals surface area contributed by atoms with Gasteiger partial charge < -0.3 is 10.8 Å². The van der Waals surface area contributed by atoms with E-state index in [1.54, 1.807) is 0 Å². The van der Waals surface area contributed by atoms with Gasteiger partial charge in [0, 0.05) is 37.5 Å². The summed E-state index contributed by atoms with van der Waals surface area (Å²) in [5.41, 5.74) is 5.99. The van der Waals surface area contributed by atoms with Crippen molar-refractivity contribution in [2.24, 2.45) is 0 Å². The number of rotatable bonds is 2. The number of nitrogens with zero attached hydrogens (tertiary/aromatic N) is 4. The standard InChI is InChI=1S/C10H9F3N4.C6H13NO3S/c11-6-1-7(5-2-10(12,13)3-5)17-8(6)4-15-9(14)16-17;1-11(9,10)7-4-2-3-6(8)5-7/h1,4-5H,2-3H2,(H2,14,16);6,8H,2-5H2,1H3. The summed E-state index contributed by atoms with van der Waals surface area (Å²) in [5, 5.41) is 13.0. The largest absolute Gasteiger partial charge is 0.392 e. The maximum absolute atomic E-state index is 13.5. The Kier molecular flexibility index (Phi) is 5.56. The summed E-state index contributed by atoms with van der Waals surface area (Å²) in [7, 11) is -3.09. The normalized spacial score (nSPS) is 23.1. The number of anilines is 1. The zero-order chi connectivity index (χ0) is 20.7. The molecular formula is C16H22F3N5O3S. The summed E-state index contributed by atoms with van der Waals surface area (Å²) in [6.45, 7) is 0.814. The molecule has 3 heterocycles. The van der Waals surface area contributed by atoms with Gasteiger partial charge in [-0.05, 0) is 18.9 Å². The van der Waals surface area contributed by atoms with E-state index in [1.807, 2.05) is 0 Å². The van der Waals surface area contributed by atoms with Crippen molar-refractivity contribution in [2.75, 3.05) is 25.1 Å². The molecule has 0 radical (unpaired) electrons. The molecule has 12 heteroatoms. The van der Waals surface area contributed by atoms with Crippen LogP contribution in [0.2, 0.25) is 0 Å². The lowest BCUT2D eigenvalue weighted by Gasteiger charge is -2.34. The number of halogens is 3. The number of nitrogens with two attached hydrogens (primary N) is 1. The first kappa shape index (κ1) is 20.8. The van der Waals surface area contributed by atoms with Crippen molar-refractivity contribution < 1.29 is 26.7 Å². The van der Waals surface area contributed by atoms with E-state index in [0.29, 0.717) is 18.7 Å². The summed E-state index contributed by atoms with van der Waals surface area (Å²) in [6.07, 6.45) is 2.87. The minimum absolute atomic E-state index is 0.0135. The number of aromatic nitrogens is 3. The molecule has 1 unspecified atom stereocenters. The molecule has 0 spiro atoms. The van der Waals surface area contributed by atoms with Gasteiger partial charge >= 0.3 is 0 Å². The van der Waals surface area contributed by atoms with E-state index in [2.05, 4.69) is 10.1 Å². The third-order valence-corrected chi connectivity index (χ3v) is 6.12. The van der Waals surface area contributed by atoms with Crippen LogP contribution in [0.4, 0.5) is 19.1 Å². The van der Waals surface area contributed by atoms with Crippen LogP contribution in [0.25, 0.3) is 5.52 Å². The summed E-state index contributed by atoms with van der Waals surface area (Å²) in [4.78, 5) is 3.67. The molecule has 28 heavy (non-hydrogen) atoms. The molecular weight excluding hydrogens is 399 g/mol. The molecule has 2 aliphatic rings. The van der Waals surface area contributed by atoms with Gasteiger partial charge in [0.25, 0.3) is 0 Å². The Morgan fingerprint density at radius 3 is 2.57 bits per heavy atom. The van der Waals surface area contributed by atoms with Gasteiger partial charge in [0.2, 0.25) is 21.9 Å². The van der Waals surface area contributed by atoms with Crippen LogP contribution < -0.4 is 5.73 Å². The van der Waals surface area contributed by atoms with Crippen LogP contribution in [0.3, 0.4) is 0 Å². The highest BCUT2D eigenvalue weighted by Gasteiger charge is 2.47. The van der Waals surface area contributed by atoms with Crippen molar-refractivity contribution in [3.05, 3.63) is 23.8 Å². The molecule has 2 aromatic heterocycles. The topological polar surface area (TPSA) is 114 Å². The van der Waals surface area contributed by atoms with Crippen molar-refractivity contribution in [1.29, 1.82) is 0 Å². The Balaban J connectivity index is 0.000000178. The van der Waals surface area contributed by atoms with Gasteiger partial charge in [-0.15, -0.1) is 5.10 Å². The van der Waals surface area contributed by atoms with Gasteiger partial charge in [-0.25, -0.2) is 31.1 Å². The molecule has 2 fully saturated rings. The van der Waals surface area contributed by atoms with Crippen LogP contribution in [0, 0.1) is 5.82 Å². The van der Waals surface area contributed by atoms with Crippen LogP contribution >= 0.6 is 0 Å². The van der Waals surface area contributed by atoms with E-state index < -0.39 is 27.9 Å². The van der Waals surface area contributed by atoms with Gasteiger partial charge in [0.15, 0.2) is 5.82 Å². The zero-order valence-corrected chi connectivity index (χ0v) is 16.0. The van der Waals surface area contributed by atoms with Crippen LogP contribution in [0.1, 0.15) is 37.3 Å². The second-order valence-corrected chi connectivity index (χ2v) is 9.19. The van der Waals surface area contributed by atoms with E-state index in [0.717, 1.165) is 6.42 Å². The van der Waals surface area contributed by atoms with Crippen LogP contribution in [-0.4, -0.2) is 63.8 Å². The highest BCUT2D eigenvalue weighted by Crippen LogP contribution is 2.48. The highest BCUT2D eigenvalue weighted by molar-refractivity contribution is 7.88. The van der Waals surface area contributed by atoms with Crippen molar-refractivity contribution in [3.63, 3.8) is 0 Å². The van der Waals surface area contributed by atoms with Crippen LogP contribution in [-0.2, 0) is 10.0 Å². The maximum Gasteiger partial charge on any atom is 0.249 e. The fraction of sp³-hybridized carbons (Fsp3) is 0.625. The van der Waals surface area contributed by atoms with Gasteiger partial charge in [-0.3, -0.25) is 0 Å². The average Bonchev–Trinajstić information content (AvgIpc) is 2.88. The van der Waals surface area contributed by atoms with Crippen molar-refractivity contribution in [3.8, 4) is 0 Å². The average molecular weight is 421 g/mol.